The van der Waals surface area contributed by atoms with Crippen LogP contribution < -0.4 is 0 Å². The van der Waals surface area contributed by atoms with Crippen molar-refractivity contribution in [3.8, 4) is 0 Å². The molecule has 0 aliphatic carbocycles. The van der Waals surface area contributed by atoms with Gasteiger partial charge in [0.05, 0.1) is 6.04 Å². The highest BCUT2D eigenvalue weighted by Crippen LogP contribution is 2.38. The van der Waals surface area contributed by atoms with Crippen molar-refractivity contribution in [3.05, 3.63) is 76.5 Å². The maximum atomic E-state index is 4.43. The van der Waals surface area contributed by atoms with E-state index in [0.29, 0.717) is 6.04 Å². The number of rotatable bonds is 2. The van der Waals surface area contributed by atoms with Crippen LogP contribution in [0.3, 0.4) is 0 Å². The van der Waals surface area contributed by atoms with Gasteiger partial charge in [0.15, 0.2) is 0 Å². The Balaban J connectivity index is 1.75. The van der Waals surface area contributed by atoms with Crippen LogP contribution in [0, 0.1) is 20.8 Å². The van der Waals surface area contributed by atoms with E-state index in [9.17, 15) is 0 Å². The third-order valence-electron chi connectivity index (χ3n) is 5.84. The van der Waals surface area contributed by atoms with E-state index in [4.69, 9.17) is 0 Å². The molecule has 1 N–H and O–H groups in total. The zero-order chi connectivity index (χ0) is 17.7. The van der Waals surface area contributed by atoms with Crippen LogP contribution in [0.2, 0.25) is 0 Å². The fraction of sp³-hybridized carbons (Fsp3) is 0.304. The van der Waals surface area contributed by atoms with Crippen LogP contribution in [0.15, 0.2) is 43.0 Å². The molecule has 2 aromatic carbocycles. The van der Waals surface area contributed by atoms with Crippen molar-refractivity contribution < 1.29 is 0 Å². The standard InChI is InChI=1S/C23H26N2/c1-14-8-6-7-9-19(14)17(4)25-11-10-20-21-12-15(2)16(3)13-22(21)24-23(20)18(25)5/h6-9,12-13,18,24H,4,10-11H2,1-3,5H3. The lowest BCUT2D eigenvalue weighted by molar-refractivity contribution is 0.297. The van der Waals surface area contributed by atoms with E-state index in [0.717, 1.165) is 18.7 Å². The minimum atomic E-state index is 0.309. The Morgan fingerprint density at radius 3 is 2.56 bits per heavy atom. The van der Waals surface area contributed by atoms with Gasteiger partial charge in [-0.1, -0.05) is 30.8 Å². The van der Waals surface area contributed by atoms with E-state index in [2.05, 4.69) is 80.6 Å². The Hall–Kier alpha value is -2.48. The largest absolute Gasteiger partial charge is 0.363 e. The second-order valence-electron chi connectivity index (χ2n) is 7.38. The maximum absolute atomic E-state index is 4.43. The highest BCUT2D eigenvalue weighted by molar-refractivity contribution is 5.87. The summed E-state index contributed by atoms with van der Waals surface area (Å²) in [5.74, 6) is 0. The van der Waals surface area contributed by atoms with Gasteiger partial charge in [-0.05, 0) is 68.5 Å². The summed E-state index contributed by atoms with van der Waals surface area (Å²) in [5.41, 5.74) is 10.5. The molecule has 3 aromatic rings. The highest BCUT2D eigenvalue weighted by Gasteiger charge is 2.28. The lowest BCUT2D eigenvalue weighted by Gasteiger charge is -2.37. The summed E-state index contributed by atoms with van der Waals surface area (Å²) in [5, 5.41) is 1.39. The monoisotopic (exact) mass is 330 g/mol. The average molecular weight is 330 g/mol. The van der Waals surface area contributed by atoms with Crippen molar-refractivity contribution in [2.75, 3.05) is 6.54 Å². The molecule has 2 nitrogen and oxygen atoms in total. The third kappa shape index (κ3) is 2.48. The van der Waals surface area contributed by atoms with Crippen molar-refractivity contribution in [3.63, 3.8) is 0 Å². The summed E-state index contributed by atoms with van der Waals surface area (Å²) >= 11 is 0. The molecule has 0 fully saturated rings. The molecule has 4 rings (SSSR count). The number of benzene rings is 2. The fourth-order valence-electron chi connectivity index (χ4n) is 4.16. The Kier molecular flexibility index (Phi) is 3.72. The molecule has 0 spiro atoms. The van der Waals surface area contributed by atoms with Gasteiger partial charge in [-0.15, -0.1) is 0 Å². The molecule has 1 aromatic heterocycles. The molecule has 2 heteroatoms. The summed E-state index contributed by atoms with van der Waals surface area (Å²) in [7, 11) is 0. The summed E-state index contributed by atoms with van der Waals surface area (Å²) < 4.78 is 0. The van der Waals surface area contributed by atoms with Gasteiger partial charge in [0.2, 0.25) is 0 Å². The maximum Gasteiger partial charge on any atom is 0.0666 e. The van der Waals surface area contributed by atoms with Gasteiger partial charge in [0, 0.05) is 34.4 Å². The van der Waals surface area contributed by atoms with E-state index < -0.39 is 0 Å². The molecule has 0 amide bonds. The lowest BCUT2D eigenvalue weighted by atomic mass is 9.95. The molecule has 128 valence electrons. The molecule has 2 heterocycles. The molecule has 1 aliphatic rings. The quantitative estimate of drug-likeness (QED) is 0.640. The number of nitrogens with zero attached hydrogens (tertiary/aromatic N) is 1. The highest BCUT2D eigenvalue weighted by atomic mass is 15.2. The van der Waals surface area contributed by atoms with Crippen LogP contribution in [0.5, 0.6) is 0 Å². The van der Waals surface area contributed by atoms with E-state index in [-0.39, 0.29) is 0 Å². The number of aromatic nitrogens is 1. The van der Waals surface area contributed by atoms with Crippen LogP contribution in [0.1, 0.15) is 46.5 Å². The lowest BCUT2D eigenvalue weighted by Crippen LogP contribution is -2.32. The van der Waals surface area contributed by atoms with Gasteiger partial charge in [0.1, 0.15) is 0 Å². The van der Waals surface area contributed by atoms with Gasteiger partial charge in [-0.2, -0.15) is 0 Å². The summed E-state index contributed by atoms with van der Waals surface area (Å²) in [6, 6.07) is 13.5. The first-order valence-corrected chi connectivity index (χ1v) is 9.10. The minimum Gasteiger partial charge on any atom is -0.363 e. The van der Waals surface area contributed by atoms with Crippen molar-refractivity contribution in [1.29, 1.82) is 0 Å². The number of hydrogen-bond acceptors (Lipinski definition) is 1. The zero-order valence-electron chi connectivity index (χ0n) is 15.6. The van der Waals surface area contributed by atoms with Crippen molar-refractivity contribution >= 4 is 16.6 Å². The summed E-state index contributed by atoms with van der Waals surface area (Å²) in [4.78, 5) is 6.15. The first-order valence-electron chi connectivity index (χ1n) is 9.10. The predicted octanol–water partition coefficient (Wildman–Crippen LogP) is 5.68. The number of aryl methyl sites for hydroxylation is 3. The number of H-pyrrole nitrogens is 1. The molecule has 0 radical (unpaired) electrons. The van der Waals surface area contributed by atoms with Crippen LogP contribution in [0.25, 0.3) is 16.6 Å². The average Bonchev–Trinajstić information content (AvgIpc) is 2.94. The minimum absolute atomic E-state index is 0.309. The molecule has 0 saturated carbocycles. The first kappa shape index (κ1) is 16.0. The molecule has 1 aliphatic heterocycles. The number of hydrogen-bond donors (Lipinski definition) is 1. The van der Waals surface area contributed by atoms with Gasteiger partial charge in [-0.25, -0.2) is 0 Å². The normalized spacial score (nSPS) is 17.0. The van der Waals surface area contributed by atoms with E-state index in [1.807, 2.05) is 0 Å². The topological polar surface area (TPSA) is 19.0 Å². The zero-order valence-corrected chi connectivity index (χ0v) is 15.6. The van der Waals surface area contributed by atoms with Gasteiger partial charge in [0.25, 0.3) is 0 Å². The van der Waals surface area contributed by atoms with Crippen LogP contribution in [-0.4, -0.2) is 16.4 Å². The molecule has 0 bridgehead atoms. The molecule has 25 heavy (non-hydrogen) atoms. The third-order valence-corrected chi connectivity index (χ3v) is 5.84. The number of nitrogens with one attached hydrogen (secondary N) is 1. The second kappa shape index (κ2) is 5.80. The second-order valence-corrected chi connectivity index (χ2v) is 7.38. The van der Waals surface area contributed by atoms with Gasteiger partial charge in [-0.3, -0.25) is 0 Å². The Bertz CT molecular complexity index is 977. The van der Waals surface area contributed by atoms with Crippen molar-refractivity contribution in [2.24, 2.45) is 0 Å². The van der Waals surface area contributed by atoms with Gasteiger partial charge < -0.3 is 9.88 Å². The van der Waals surface area contributed by atoms with E-state index in [1.54, 1.807) is 0 Å². The number of aromatic amines is 1. The summed E-state index contributed by atoms with van der Waals surface area (Å²) in [6.07, 6.45) is 1.06. The summed E-state index contributed by atoms with van der Waals surface area (Å²) in [6.45, 7) is 14.3. The van der Waals surface area contributed by atoms with Crippen LogP contribution in [0.4, 0.5) is 0 Å². The van der Waals surface area contributed by atoms with Crippen LogP contribution >= 0.6 is 0 Å². The van der Waals surface area contributed by atoms with Crippen LogP contribution in [-0.2, 0) is 6.42 Å². The molecular weight excluding hydrogens is 304 g/mol. The molecule has 1 atom stereocenters. The Labute approximate surface area is 150 Å². The molecular formula is C23H26N2. The SMILES string of the molecule is C=C(c1ccccc1C)N1CCc2c([nH]c3cc(C)c(C)cc23)C1C. The van der Waals surface area contributed by atoms with E-state index in [1.165, 1.54) is 44.4 Å². The predicted molar refractivity (Wildman–Crippen MR) is 107 cm³/mol. The Morgan fingerprint density at radius 1 is 1.08 bits per heavy atom. The van der Waals surface area contributed by atoms with Crippen molar-refractivity contribution in [2.45, 2.75) is 40.2 Å². The molecule has 1 unspecified atom stereocenters. The van der Waals surface area contributed by atoms with E-state index >= 15 is 0 Å². The van der Waals surface area contributed by atoms with Gasteiger partial charge >= 0.3 is 0 Å². The fourth-order valence-corrected chi connectivity index (χ4v) is 4.16. The Morgan fingerprint density at radius 2 is 1.80 bits per heavy atom. The number of fused-ring (bicyclic) bond motifs is 3. The first-order chi connectivity index (χ1) is 12.0. The smallest absolute Gasteiger partial charge is 0.0666 e. The van der Waals surface area contributed by atoms with Crippen molar-refractivity contribution in [1.82, 2.24) is 9.88 Å². The molecule has 0 saturated heterocycles.